The summed E-state index contributed by atoms with van der Waals surface area (Å²) in [5, 5.41) is 4.10. The number of anilines is 1. The van der Waals surface area contributed by atoms with E-state index in [2.05, 4.69) is 68.2 Å². The fourth-order valence-corrected chi connectivity index (χ4v) is 3.51. The highest BCUT2D eigenvalue weighted by molar-refractivity contribution is 9.10. The first-order valence-electron chi connectivity index (χ1n) is 9.55. The minimum atomic E-state index is -0.323. The molecule has 2 unspecified atom stereocenters. The predicted molar refractivity (Wildman–Crippen MR) is 117 cm³/mol. The SMILES string of the molecule is CCN(CC)c1ccc(/C=N/NC(=O)C2CC(c3ccc(Br)cc3)NN2)cc1. The zero-order chi connectivity index (χ0) is 19.9. The Morgan fingerprint density at radius 3 is 2.46 bits per heavy atom. The first kappa shape index (κ1) is 20.5. The number of carbonyl (C=O) groups excluding carboxylic acids is 1. The molecule has 28 heavy (non-hydrogen) atoms. The van der Waals surface area contributed by atoms with E-state index in [4.69, 9.17) is 0 Å². The maximum Gasteiger partial charge on any atom is 0.258 e. The van der Waals surface area contributed by atoms with Crippen molar-refractivity contribution in [3.8, 4) is 0 Å². The first-order chi connectivity index (χ1) is 13.6. The number of nitrogens with zero attached hydrogens (tertiary/aromatic N) is 2. The van der Waals surface area contributed by atoms with Crippen LogP contribution in [0.2, 0.25) is 0 Å². The molecule has 1 saturated heterocycles. The third-order valence-electron chi connectivity index (χ3n) is 4.90. The lowest BCUT2D eigenvalue weighted by Gasteiger charge is -2.20. The highest BCUT2D eigenvalue weighted by Crippen LogP contribution is 2.23. The van der Waals surface area contributed by atoms with Gasteiger partial charge in [-0.3, -0.25) is 4.79 Å². The van der Waals surface area contributed by atoms with Gasteiger partial charge >= 0.3 is 0 Å². The highest BCUT2D eigenvalue weighted by atomic mass is 79.9. The third-order valence-corrected chi connectivity index (χ3v) is 5.43. The largest absolute Gasteiger partial charge is 0.372 e. The molecule has 1 heterocycles. The number of amides is 1. The summed E-state index contributed by atoms with van der Waals surface area (Å²) < 4.78 is 1.04. The van der Waals surface area contributed by atoms with Crippen LogP contribution in [0.15, 0.2) is 58.1 Å². The summed E-state index contributed by atoms with van der Waals surface area (Å²) in [5.74, 6) is -0.150. The molecule has 2 aromatic carbocycles. The van der Waals surface area contributed by atoms with Gasteiger partial charge in [0, 0.05) is 29.3 Å². The van der Waals surface area contributed by atoms with E-state index in [9.17, 15) is 4.79 Å². The molecule has 0 saturated carbocycles. The smallest absolute Gasteiger partial charge is 0.258 e. The summed E-state index contributed by atoms with van der Waals surface area (Å²) in [7, 11) is 0. The minimum Gasteiger partial charge on any atom is -0.372 e. The molecular formula is C21H26BrN5O. The average molecular weight is 444 g/mol. The van der Waals surface area contributed by atoms with Crippen molar-refractivity contribution in [2.24, 2.45) is 5.10 Å². The highest BCUT2D eigenvalue weighted by Gasteiger charge is 2.29. The number of hydrogen-bond acceptors (Lipinski definition) is 5. The lowest BCUT2D eigenvalue weighted by atomic mass is 10.0. The molecular weight excluding hydrogens is 418 g/mol. The van der Waals surface area contributed by atoms with Crippen molar-refractivity contribution in [2.45, 2.75) is 32.4 Å². The summed E-state index contributed by atoms with van der Waals surface area (Å²) in [6.45, 7) is 6.23. The number of rotatable bonds is 7. The van der Waals surface area contributed by atoms with Gasteiger partial charge in [-0.05, 0) is 55.7 Å². The van der Waals surface area contributed by atoms with Gasteiger partial charge in [0.25, 0.3) is 5.91 Å². The van der Waals surface area contributed by atoms with E-state index in [-0.39, 0.29) is 18.0 Å². The van der Waals surface area contributed by atoms with Gasteiger partial charge in [-0.25, -0.2) is 16.3 Å². The third kappa shape index (κ3) is 5.19. The number of nitrogens with one attached hydrogen (secondary N) is 3. The predicted octanol–water partition coefficient (Wildman–Crippen LogP) is 3.35. The maximum atomic E-state index is 12.3. The van der Waals surface area contributed by atoms with E-state index >= 15 is 0 Å². The van der Waals surface area contributed by atoms with Gasteiger partial charge in [0.1, 0.15) is 6.04 Å². The van der Waals surface area contributed by atoms with Gasteiger partial charge < -0.3 is 4.90 Å². The summed E-state index contributed by atoms with van der Waals surface area (Å²) in [4.78, 5) is 14.6. The molecule has 2 aromatic rings. The van der Waals surface area contributed by atoms with Crippen molar-refractivity contribution in [1.29, 1.82) is 0 Å². The van der Waals surface area contributed by atoms with Crippen molar-refractivity contribution >= 4 is 33.7 Å². The minimum absolute atomic E-state index is 0.0976. The van der Waals surface area contributed by atoms with Crippen LogP contribution in [0.4, 0.5) is 5.69 Å². The Hall–Kier alpha value is -2.22. The molecule has 0 spiro atoms. The molecule has 6 nitrogen and oxygen atoms in total. The average Bonchev–Trinajstić information content (AvgIpc) is 3.21. The molecule has 3 N–H and O–H groups in total. The van der Waals surface area contributed by atoms with Crippen LogP contribution in [0.5, 0.6) is 0 Å². The van der Waals surface area contributed by atoms with E-state index in [1.807, 2.05) is 36.4 Å². The summed E-state index contributed by atoms with van der Waals surface area (Å²) in [6, 6.07) is 16.0. The standard InChI is InChI=1S/C21H26BrN5O/c1-3-27(4-2)18-11-5-15(6-12-18)14-23-26-21(28)20-13-19(24-25-20)16-7-9-17(22)10-8-16/h5-12,14,19-20,24-25H,3-4,13H2,1-2H3,(H,26,28)/b23-14+. The van der Waals surface area contributed by atoms with Crippen LogP contribution < -0.4 is 21.2 Å². The van der Waals surface area contributed by atoms with Crippen LogP contribution in [0.1, 0.15) is 37.4 Å². The lowest BCUT2D eigenvalue weighted by molar-refractivity contribution is -0.122. The zero-order valence-electron chi connectivity index (χ0n) is 16.2. The van der Waals surface area contributed by atoms with Gasteiger partial charge in [-0.2, -0.15) is 5.10 Å². The summed E-state index contributed by atoms with van der Waals surface area (Å²) in [6.07, 6.45) is 2.33. The fraction of sp³-hybridized carbons (Fsp3) is 0.333. The summed E-state index contributed by atoms with van der Waals surface area (Å²) in [5.41, 5.74) is 12.1. The lowest BCUT2D eigenvalue weighted by Crippen LogP contribution is -2.41. The van der Waals surface area contributed by atoms with Crippen LogP contribution in [0, 0.1) is 0 Å². The molecule has 3 rings (SSSR count). The molecule has 0 radical (unpaired) electrons. The Balaban J connectivity index is 1.50. The number of hydrazone groups is 1. The second kappa shape index (κ2) is 9.82. The second-order valence-electron chi connectivity index (χ2n) is 6.68. The monoisotopic (exact) mass is 443 g/mol. The normalized spacial score (nSPS) is 19.1. The Kier molecular flexibility index (Phi) is 7.19. The molecule has 1 aliphatic heterocycles. The van der Waals surface area contributed by atoms with Crippen molar-refractivity contribution in [2.75, 3.05) is 18.0 Å². The molecule has 7 heteroatoms. The molecule has 0 bridgehead atoms. The van der Waals surface area contributed by atoms with Crippen molar-refractivity contribution in [3.05, 3.63) is 64.1 Å². The molecule has 0 aliphatic carbocycles. The number of benzene rings is 2. The van der Waals surface area contributed by atoms with Crippen LogP contribution in [-0.2, 0) is 4.79 Å². The van der Waals surface area contributed by atoms with E-state index in [0.717, 1.165) is 28.7 Å². The quantitative estimate of drug-likeness (QED) is 0.453. The van der Waals surface area contributed by atoms with Crippen molar-refractivity contribution in [3.63, 3.8) is 0 Å². The van der Waals surface area contributed by atoms with Gasteiger partial charge in [-0.1, -0.05) is 40.2 Å². The Morgan fingerprint density at radius 1 is 1.14 bits per heavy atom. The Labute approximate surface area is 174 Å². The van der Waals surface area contributed by atoms with E-state index in [1.165, 1.54) is 5.69 Å². The second-order valence-corrected chi connectivity index (χ2v) is 7.59. The molecule has 1 fully saturated rings. The van der Waals surface area contributed by atoms with Crippen molar-refractivity contribution in [1.82, 2.24) is 16.3 Å². The molecule has 2 atom stereocenters. The molecule has 1 amide bonds. The molecule has 148 valence electrons. The Morgan fingerprint density at radius 2 is 1.82 bits per heavy atom. The number of halogens is 1. The zero-order valence-corrected chi connectivity index (χ0v) is 17.7. The van der Waals surface area contributed by atoms with Crippen LogP contribution in [0.3, 0.4) is 0 Å². The number of hydrazine groups is 1. The van der Waals surface area contributed by atoms with Gasteiger partial charge in [0.05, 0.1) is 6.21 Å². The number of hydrogen-bond donors (Lipinski definition) is 3. The van der Waals surface area contributed by atoms with Crippen LogP contribution in [-0.4, -0.2) is 31.3 Å². The Bertz CT molecular complexity index is 803. The molecule has 1 aliphatic rings. The number of carbonyl (C=O) groups is 1. The van der Waals surface area contributed by atoms with Gasteiger partial charge in [-0.15, -0.1) is 0 Å². The molecule has 0 aromatic heterocycles. The summed E-state index contributed by atoms with van der Waals surface area (Å²) >= 11 is 3.44. The van der Waals surface area contributed by atoms with Crippen LogP contribution in [0.25, 0.3) is 0 Å². The van der Waals surface area contributed by atoms with Gasteiger partial charge in [0.2, 0.25) is 0 Å². The first-order valence-corrected chi connectivity index (χ1v) is 10.3. The van der Waals surface area contributed by atoms with Gasteiger partial charge in [0.15, 0.2) is 0 Å². The van der Waals surface area contributed by atoms with Crippen LogP contribution >= 0.6 is 15.9 Å². The van der Waals surface area contributed by atoms with E-state index in [1.54, 1.807) is 6.21 Å². The maximum absolute atomic E-state index is 12.3. The topological polar surface area (TPSA) is 68.8 Å². The van der Waals surface area contributed by atoms with Crippen molar-refractivity contribution < 1.29 is 4.79 Å². The van der Waals surface area contributed by atoms with E-state index in [0.29, 0.717) is 6.42 Å². The fourth-order valence-electron chi connectivity index (χ4n) is 3.25. The van der Waals surface area contributed by atoms with E-state index < -0.39 is 0 Å².